The van der Waals surface area contributed by atoms with Crippen LogP contribution >= 0.6 is 0 Å². The average molecular weight is 292 g/mol. The third-order valence-corrected chi connectivity index (χ3v) is 3.86. The predicted octanol–water partition coefficient (Wildman–Crippen LogP) is 1.94. The molecule has 0 radical (unpaired) electrons. The molecule has 0 aliphatic heterocycles. The SMILES string of the molecule is CNc1cnc(C(C)C)nc1C(=O)NC1CCC(OC)C1. The van der Waals surface area contributed by atoms with Gasteiger partial charge in [-0.25, -0.2) is 9.97 Å². The molecule has 6 heteroatoms. The van der Waals surface area contributed by atoms with E-state index < -0.39 is 0 Å². The van der Waals surface area contributed by atoms with Gasteiger partial charge in [0.05, 0.1) is 18.0 Å². The molecule has 1 aromatic heterocycles. The first kappa shape index (κ1) is 15.7. The number of ether oxygens (including phenoxy) is 1. The number of rotatable bonds is 5. The molecule has 2 unspecified atom stereocenters. The van der Waals surface area contributed by atoms with Crippen LogP contribution in [-0.4, -0.2) is 42.2 Å². The molecule has 0 bridgehead atoms. The molecule has 1 aliphatic carbocycles. The predicted molar refractivity (Wildman–Crippen MR) is 81.6 cm³/mol. The van der Waals surface area contributed by atoms with E-state index in [0.29, 0.717) is 17.2 Å². The van der Waals surface area contributed by atoms with Crippen LogP contribution in [0.15, 0.2) is 6.20 Å². The van der Waals surface area contributed by atoms with Gasteiger partial charge in [-0.15, -0.1) is 0 Å². The summed E-state index contributed by atoms with van der Waals surface area (Å²) in [6.45, 7) is 4.02. The van der Waals surface area contributed by atoms with Crippen molar-refractivity contribution < 1.29 is 9.53 Å². The number of aromatic nitrogens is 2. The summed E-state index contributed by atoms with van der Waals surface area (Å²) in [6.07, 6.45) is 4.71. The number of hydrogen-bond donors (Lipinski definition) is 2. The third kappa shape index (κ3) is 3.69. The van der Waals surface area contributed by atoms with Gasteiger partial charge in [0, 0.05) is 26.1 Å². The fourth-order valence-electron chi connectivity index (χ4n) is 2.57. The van der Waals surface area contributed by atoms with Gasteiger partial charge in [-0.2, -0.15) is 0 Å². The van der Waals surface area contributed by atoms with Gasteiger partial charge >= 0.3 is 0 Å². The van der Waals surface area contributed by atoms with E-state index in [-0.39, 0.29) is 24.0 Å². The molecule has 0 spiro atoms. The van der Waals surface area contributed by atoms with E-state index in [0.717, 1.165) is 19.3 Å². The van der Waals surface area contributed by atoms with Crippen molar-refractivity contribution in [2.75, 3.05) is 19.5 Å². The van der Waals surface area contributed by atoms with E-state index in [2.05, 4.69) is 20.6 Å². The molecule has 2 atom stereocenters. The van der Waals surface area contributed by atoms with Gasteiger partial charge in [-0.1, -0.05) is 13.8 Å². The molecular weight excluding hydrogens is 268 g/mol. The second kappa shape index (κ2) is 6.85. The third-order valence-electron chi connectivity index (χ3n) is 3.86. The number of nitrogens with one attached hydrogen (secondary N) is 2. The Bertz CT molecular complexity index is 504. The molecule has 0 aromatic carbocycles. The zero-order valence-corrected chi connectivity index (χ0v) is 13.1. The molecular formula is C15H24N4O2. The standard InChI is InChI=1S/C15H24N4O2/c1-9(2)14-17-8-12(16-3)13(19-14)15(20)18-10-5-6-11(7-10)21-4/h8-11,16H,5-7H2,1-4H3,(H,18,20). The number of methoxy groups -OCH3 is 1. The Balaban J connectivity index is 2.12. The lowest BCUT2D eigenvalue weighted by molar-refractivity contribution is 0.0911. The summed E-state index contributed by atoms with van der Waals surface area (Å²) in [5.74, 6) is 0.720. The van der Waals surface area contributed by atoms with Crippen LogP contribution in [0.5, 0.6) is 0 Å². The second-order valence-corrected chi connectivity index (χ2v) is 5.74. The molecule has 1 aromatic rings. The Morgan fingerprint density at radius 3 is 2.76 bits per heavy atom. The number of amides is 1. The second-order valence-electron chi connectivity index (χ2n) is 5.74. The van der Waals surface area contributed by atoms with Crippen molar-refractivity contribution in [3.05, 3.63) is 17.7 Å². The lowest BCUT2D eigenvalue weighted by Gasteiger charge is -2.15. The van der Waals surface area contributed by atoms with Crippen molar-refractivity contribution in [3.63, 3.8) is 0 Å². The zero-order chi connectivity index (χ0) is 15.4. The van der Waals surface area contributed by atoms with Crippen LogP contribution in [0.1, 0.15) is 55.3 Å². The molecule has 1 saturated carbocycles. The number of nitrogens with zero attached hydrogens (tertiary/aromatic N) is 2. The number of hydrogen-bond acceptors (Lipinski definition) is 5. The molecule has 116 valence electrons. The molecule has 21 heavy (non-hydrogen) atoms. The van der Waals surface area contributed by atoms with Crippen LogP contribution in [0.3, 0.4) is 0 Å². The van der Waals surface area contributed by atoms with E-state index in [1.165, 1.54) is 0 Å². The minimum atomic E-state index is -0.148. The minimum absolute atomic E-state index is 0.148. The molecule has 6 nitrogen and oxygen atoms in total. The first-order valence-corrected chi connectivity index (χ1v) is 7.43. The van der Waals surface area contributed by atoms with Crippen LogP contribution in [0, 0.1) is 0 Å². The molecule has 1 heterocycles. The van der Waals surface area contributed by atoms with Crippen molar-refractivity contribution in [1.82, 2.24) is 15.3 Å². The van der Waals surface area contributed by atoms with E-state index in [9.17, 15) is 4.79 Å². The fraction of sp³-hybridized carbons (Fsp3) is 0.667. The summed E-state index contributed by atoms with van der Waals surface area (Å²) < 4.78 is 5.33. The highest BCUT2D eigenvalue weighted by atomic mass is 16.5. The summed E-state index contributed by atoms with van der Waals surface area (Å²) in [4.78, 5) is 21.2. The Hall–Kier alpha value is -1.69. The highest BCUT2D eigenvalue weighted by molar-refractivity contribution is 5.97. The zero-order valence-electron chi connectivity index (χ0n) is 13.1. The first-order valence-electron chi connectivity index (χ1n) is 7.43. The van der Waals surface area contributed by atoms with Gasteiger partial charge in [-0.05, 0) is 19.3 Å². The molecule has 0 saturated heterocycles. The van der Waals surface area contributed by atoms with Gasteiger partial charge in [-0.3, -0.25) is 4.79 Å². The highest BCUT2D eigenvalue weighted by Crippen LogP contribution is 2.22. The van der Waals surface area contributed by atoms with Crippen molar-refractivity contribution in [3.8, 4) is 0 Å². The van der Waals surface area contributed by atoms with Crippen LogP contribution in [-0.2, 0) is 4.74 Å². The lowest BCUT2D eigenvalue weighted by atomic mass is 10.2. The van der Waals surface area contributed by atoms with Gasteiger partial charge in [0.2, 0.25) is 0 Å². The number of carbonyl (C=O) groups excluding carboxylic acids is 1. The quantitative estimate of drug-likeness (QED) is 0.867. The van der Waals surface area contributed by atoms with Gasteiger partial charge in [0.1, 0.15) is 5.82 Å². The summed E-state index contributed by atoms with van der Waals surface area (Å²) in [5, 5.41) is 6.03. The fourth-order valence-corrected chi connectivity index (χ4v) is 2.57. The molecule has 2 N–H and O–H groups in total. The molecule has 1 aliphatic rings. The first-order chi connectivity index (χ1) is 10.0. The number of carbonyl (C=O) groups is 1. The van der Waals surface area contributed by atoms with E-state index in [4.69, 9.17) is 4.74 Å². The van der Waals surface area contributed by atoms with Gasteiger partial charge in [0.25, 0.3) is 5.91 Å². The minimum Gasteiger partial charge on any atom is -0.385 e. The molecule has 2 rings (SSSR count). The topological polar surface area (TPSA) is 76.1 Å². The normalized spacial score (nSPS) is 21.6. The maximum Gasteiger partial charge on any atom is 0.272 e. The molecule has 1 amide bonds. The number of anilines is 1. The lowest BCUT2D eigenvalue weighted by Crippen LogP contribution is -2.34. The van der Waals surface area contributed by atoms with Crippen molar-refractivity contribution in [2.24, 2.45) is 0 Å². The van der Waals surface area contributed by atoms with Gasteiger partial charge in [0.15, 0.2) is 5.69 Å². The van der Waals surface area contributed by atoms with E-state index >= 15 is 0 Å². The maximum absolute atomic E-state index is 12.5. The monoisotopic (exact) mass is 292 g/mol. The Morgan fingerprint density at radius 2 is 2.19 bits per heavy atom. The Kier molecular flexibility index (Phi) is 5.12. The van der Waals surface area contributed by atoms with Crippen molar-refractivity contribution >= 4 is 11.6 Å². The van der Waals surface area contributed by atoms with Crippen LogP contribution in [0.25, 0.3) is 0 Å². The van der Waals surface area contributed by atoms with Gasteiger partial charge < -0.3 is 15.4 Å². The smallest absolute Gasteiger partial charge is 0.272 e. The average Bonchev–Trinajstić information content (AvgIpc) is 2.94. The summed E-state index contributed by atoms with van der Waals surface area (Å²) in [6, 6.07) is 0.157. The largest absolute Gasteiger partial charge is 0.385 e. The highest BCUT2D eigenvalue weighted by Gasteiger charge is 2.27. The maximum atomic E-state index is 12.5. The summed E-state index contributed by atoms with van der Waals surface area (Å²) in [7, 11) is 3.48. The molecule has 1 fully saturated rings. The van der Waals surface area contributed by atoms with Crippen molar-refractivity contribution in [1.29, 1.82) is 0 Å². The van der Waals surface area contributed by atoms with Crippen LogP contribution < -0.4 is 10.6 Å². The van der Waals surface area contributed by atoms with E-state index in [1.54, 1.807) is 20.4 Å². The van der Waals surface area contributed by atoms with Crippen molar-refractivity contribution in [2.45, 2.75) is 51.2 Å². The Morgan fingerprint density at radius 1 is 1.43 bits per heavy atom. The van der Waals surface area contributed by atoms with Crippen LogP contribution in [0.4, 0.5) is 5.69 Å². The Labute approximate surface area is 125 Å². The summed E-state index contributed by atoms with van der Waals surface area (Å²) >= 11 is 0. The van der Waals surface area contributed by atoms with Crippen LogP contribution in [0.2, 0.25) is 0 Å². The van der Waals surface area contributed by atoms with E-state index in [1.807, 2.05) is 13.8 Å². The summed E-state index contributed by atoms with van der Waals surface area (Å²) in [5.41, 5.74) is 1.07.